The topological polar surface area (TPSA) is 46.9 Å². The number of carbonyl (C=O) groups is 1. The quantitative estimate of drug-likeness (QED) is 0.439. The molecular formula is C21H15FIN3O. The summed E-state index contributed by atoms with van der Waals surface area (Å²) in [5, 5.41) is 8.09. The van der Waals surface area contributed by atoms with Gasteiger partial charge in [0.15, 0.2) is 0 Å². The Morgan fingerprint density at radius 1 is 1.04 bits per heavy atom. The lowest BCUT2D eigenvalue weighted by Gasteiger charge is -2.08. The lowest BCUT2D eigenvalue weighted by molar-refractivity contribution is 0.0952. The highest BCUT2D eigenvalue weighted by Crippen LogP contribution is 2.22. The fraction of sp³-hybridized carbons (Fsp3) is 0.0476. The molecule has 134 valence electrons. The van der Waals surface area contributed by atoms with Crippen LogP contribution in [0.2, 0.25) is 0 Å². The normalized spacial score (nSPS) is 10.9. The van der Waals surface area contributed by atoms with E-state index in [0.717, 1.165) is 25.7 Å². The Kier molecular flexibility index (Phi) is 4.89. The zero-order valence-corrected chi connectivity index (χ0v) is 16.4. The van der Waals surface area contributed by atoms with Crippen LogP contribution in [0.5, 0.6) is 0 Å². The summed E-state index contributed by atoms with van der Waals surface area (Å²) >= 11 is 2.25. The summed E-state index contributed by atoms with van der Waals surface area (Å²) in [5.41, 5.74) is 3.13. The van der Waals surface area contributed by atoms with Gasteiger partial charge in [-0.2, -0.15) is 5.10 Å². The smallest absolute Gasteiger partial charge is 0.252 e. The molecule has 4 aromatic rings. The van der Waals surface area contributed by atoms with Crippen molar-refractivity contribution in [3.63, 3.8) is 0 Å². The van der Waals surface area contributed by atoms with Crippen molar-refractivity contribution >= 4 is 39.4 Å². The number of hydrogen-bond donors (Lipinski definition) is 1. The summed E-state index contributed by atoms with van der Waals surface area (Å²) in [6.07, 6.45) is 1.67. The lowest BCUT2D eigenvalue weighted by atomic mass is 10.1. The molecule has 0 aliphatic heterocycles. The van der Waals surface area contributed by atoms with Crippen molar-refractivity contribution in [3.8, 4) is 5.69 Å². The number of amides is 1. The number of aromatic nitrogens is 2. The van der Waals surface area contributed by atoms with Crippen LogP contribution in [0.15, 0.2) is 72.9 Å². The second-order valence-corrected chi connectivity index (χ2v) is 7.33. The predicted molar refractivity (Wildman–Crippen MR) is 111 cm³/mol. The summed E-state index contributed by atoms with van der Waals surface area (Å²) < 4.78 is 16.0. The maximum atomic E-state index is 13.2. The van der Waals surface area contributed by atoms with E-state index < -0.39 is 0 Å². The van der Waals surface area contributed by atoms with E-state index in [1.54, 1.807) is 29.1 Å². The fourth-order valence-electron chi connectivity index (χ4n) is 2.92. The fourth-order valence-corrected chi connectivity index (χ4v) is 3.28. The first kappa shape index (κ1) is 17.7. The second kappa shape index (κ2) is 7.48. The SMILES string of the molecule is O=C(NCc1ccc(I)cc1)c1cccc2c1cnn2-c1ccc(F)cc1. The minimum absolute atomic E-state index is 0.155. The number of rotatable bonds is 4. The summed E-state index contributed by atoms with van der Waals surface area (Å²) in [6, 6.07) is 19.6. The van der Waals surface area contributed by atoms with Crippen LogP contribution in [-0.4, -0.2) is 15.7 Å². The van der Waals surface area contributed by atoms with Gasteiger partial charge in [0.2, 0.25) is 0 Å². The molecule has 27 heavy (non-hydrogen) atoms. The zero-order chi connectivity index (χ0) is 18.8. The molecule has 0 atom stereocenters. The van der Waals surface area contributed by atoms with Crippen LogP contribution in [-0.2, 0) is 6.54 Å². The van der Waals surface area contributed by atoms with E-state index >= 15 is 0 Å². The Balaban J connectivity index is 1.61. The minimum Gasteiger partial charge on any atom is -0.348 e. The van der Waals surface area contributed by atoms with Gasteiger partial charge in [-0.1, -0.05) is 18.2 Å². The van der Waals surface area contributed by atoms with Crippen molar-refractivity contribution in [1.29, 1.82) is 0 Å². The molecule has 0 aliphatic rings. The van der Waals surface area contributed by atoms with Crippen LogP contribution >= 0.6 is 22.6 Å². The zero-order valence-electron chi connectivity index (χ0n) is 14.2. The third kappa shape index (κ3) is 3.71. The number of fused-ring (bicyclic) bond motifs is 1. The van der Waals surface area contributed by atoms with E-state index in [0.29, 0.717) is 12.1 Å². The summed E-state index contributed by atoms with van der Waals surface area (Å²) in [7, 11) is 0. The third-order valence-corrected chi connectivity index (χ3v) is 5.01. The van der Waals surface area contributed by atoms with E-state index in [-0.39, 0.29) is 11.7 Å². The molecule has 0 saturated carbocycles. The number of nitrogens with zero attached hydrogens (tertiary/aromatic N) is 2. The van der Waals surface area contributed by atoms with Crippen molar-refractivity contribution in [2.24, 2.45) is 0 Å². The molecule has 1 amide bonds. The van der Waals surface area contributed by atoms with Crippen LogP contribution in [0.4, 0.5) is 4.39 Å². The van der Waals surface area contributed by atoms with Crippen molar-refractivity contribution < 1.29 is 9.18 Å². The van der Waals surface area contributed by atoms with Gasteiger partial charge in [-0.25, -0.2) is 9.07 Å². The first-order valence-corrected chi connectivity index (χ1v) is 9.45. The van der Waals surface area contributed by atoms with Gasteiger partial charge >= 0.3 is 0 Å². The van der Waals surface area contributed by atoms with E-state index in [1.807, 2.05) is 36.4 Å². The van der Waals surface area contributed by atoms with Crippen molar-refractivity contribution in [2.45, 2.75) is 6.54 Å². The Morgan fingerprint density at radius 2 is 1.78 bits per heavy atom. The average molecular weight is 471 g/mol. The molecule has 0 unspecified atom stereocenters. The molecule has 4 nitrogen and oxygen atoms in total. The third-order valence-electron chi connectivity index (χ3n) is 4.30. The minimum atomic E-state index is -0.300. The molecule has 1 aromatic heterocycles. The first-order valence-electron chi connectivity index (χ1n) is 8.37. The number of benzene rings is 3. The summed E-state index contributed by atoms with van der Waals surface area (Å²) in [6.45, 7) is 0.457. The number of nitrogens with one attached hydrogen (secondary N) is 1. The molecule has 0 saturated heterocycles. The van der Waals surface area contributed by atoms with Gasteiger partial charge in [-0.15, -0.1) is 0 Å². The van der Waals surface area contributed by atoms with Gasteiger partial charge in [-0.05, 0) is 76.7 Å². The Bertz CT molecular complexity index is 1100. The van der Waals surface area contributed by atoms with E-state index in [1.165, 1.54) is 12.1 Å². The second-order valence-electron chi connectivity index (χ2n) is 6.08. The van der Waals surface area contributed by atoms with Crippen LogP contribution in [0.1, 0.15) is 15.9 Å². The highest BCUT2D eigenvalue weighted by molar-refractivity contribution is 14.1. The van der Waals surface area contributed by atoms with Crippen molar-refractivity contribution in [3.05, 3.63) is 93.4 Å². The molecule has 1 heterocycles. The molecule has 0 bridgehead atoms. The predicted octanol–water partition coefficient (Wildman–Crippen LogP) is 4.70. The van der Waals surface area contributed by atoms with Gasteiger partial charge in [-0.3, -0.25) is 4.79 Å². The highest BCUT2D eigenvalue weighted by atomic mass is 127. The maximum absolute atomic E-state index is 13.2. The molecular weight excluding hydrogens is 456 g/mol. The van der Waals surface area contributed by atoms with Crippen LogP contribution in [0.3, 0.4) is 0 Å². The Morgan fingerprint density at radius 3 is 2.52 bits per heavy atom. The van der Waals surface area contributed by atoms with Gasteiger partial charge in [0.1, 0.15) is 5.82 Å². The monoisotopic (exact) mass is 471 g/mol. The molecule has 3 aromatic carbocycles. The van der Waals surface area contributed by atoms with Crippen LogP contribution < -0.4 is 5.32 Å². The van der Waals surface area contributed by atoms with Crippen LogP contribution in [0, 0.1) is 9.39 Å². The molecule has 1 N–H and O–H groups in total. The number of carbonyl (C=O) groups excluding carboxylic acids is 1. The molecule has 6 heteroatoms. The average Bonchev–Trinajstić information content (AvgIpc) is 3.12. The molecule has 0 spiro atoms. The van der Waals surface area contributed by atoms with Gasteiger partial charge < -0.3 is 5.32 Å². The number of hydrogen-bond acceptors (Lipinski definition) is 2. The van der Waals surface area contributed by atoms with E-state index in [9.17, 15) is 9.18 Å². The summed E-state index contributed by atoms with van der Waals surface area (Å²) in [5.74, 6) is -0.455. The lowest BCUT2D eigenvalue weighted by Crippen LogP contribution is -2.22. The highest BCUT2D eigenvalue weighted by Gasteiger charge is 2.14. The standard InChI is InChI=1S/C21H15FIN3O/c22-15-6-10-17(11-7-15)26-20-3-1-2-18(19(20)13-25-26)21(27)24-12-14-4-8-16(23)9-5-14/h1-11,13H,12H2,(H,24,27). The van der Waals surface area contributed by atoms with Gasteiger partial charge in [0.05, 0.1) is 23.0 Å². The van der Waals surface area contributed by atoms with E-state index in [2.05, 4.69) is 33.0 Å². The molecule has 0 radical (unpaired) electrons. The van der Waals surface area contributed by atoms with Crippen molar-refractivity contribution in [2.75, 3.05) is 0 Å². The van der Waals surface area contributed by atoms with E-state index in [4.69, 9.17) is 0 Å². The first-order chi connectivity index (χ1) is 13.1. The van der Waals surface area contributed by atoms with Gasteiger partial charge in [0.25, 0.3) is 5.91 Å². The van der Waals surface area contributed by atoms with Crippen molar-refractivity contribution in [1.82, 2.24) is 15.1 Å². The Hall–Kier alpha value is -2.74. The molecule has 0 aliphatic carbocycles. The summed E-state index contributed by atoms with van der Waals surface area (Å²) in [4.78, 5) is 12.7. The number of halogens is 2. The molecule has 0 fully saturated rings. The molecule has 4 rings (SSSR count). The Labute approximate surface area is 169 Å². The van der Waals surface area contributed by atoms with Crippen LogP contribution in [0.25, 0.3) is 16.6 Å². The largest absolute Gasteiger partial charge is 0.348 e. The van der Waals surface area contributed by atoms with Gasteiger partial charge in [0, 0.05) is 15.5 Å². The maximum Gasteiger partial charge on any atom is 0.252 e.